The van der Waals surface area contributed by atoms with Crippen LogP contribution in [0.15, 0.2) is 35.0 Å². The van der Waals surface area contributed by atoms with E-state index in [9.17, 15) is 4.79 Å². The molecular formula is C23H26N6O3. The van der Waals surface area contributed by atoms with Gasteiger partial charge in [-0.3, -0.25) is 4.79 Å². The number of aromatic nitrogens is 4. The molecule has 0 unspecified atom stereocenters. The van der Waals surface area contributed by atoms with Crippen molar-refractivity contribution in [1.29, 1.82) is 0 Å². The summed E-state index contributed by atoms with van der Waals surface area (Å²) in [6.07, 6.45) is 6.73. The summed E-state index contributed by atoms with van der Waals surface area (Å²) in [5.74, 6) is 2.63. The Bertz CT molecular complexity index is 1110. The Hall–Kier alpha value is -3.49. The molecule has 1 aliphatic carbocycles. The summed E-state index contributed by atoms with van der Waals surface area (Å²) in [4.78, 5) is 22.8. The molecule has 2 aliphatic rings. The number of nitrogens with two attached hydrogens (primary N) is 1. The number of rotatable bonds is 4. The molecule has 9 nitrogen and oxygen atoms in total. The summed E-state index contributed by atoms with van der Waals surface area (Å²) in [7, 11) is 0. The number of amides is 1. The van der Waals surface area contributed by atoms with Crippen molar-refractivity contribution in [3.05, 3.63) is 53.5 Å². The summed E-state index contributed by atoms with van der Waals surface area (Å²) in [6, 6.07) is 8.27. The van der Waals surface area contributed by atoms with Gasteiger partial charge in [0.2, 0.25) is 17.7 Å². The normalized spacial score (nSPS) is 21.0. The van der Waals surface area contributed by atoms with Crippen LogP contribution in [0.25, 0.3) is 0 Å². The topological polar surface area (TPSA) is 120 Å². The number of carbonyl (C=O) groups excluding carboxylic acids is 1. The lowest BCUT2D eigenvalue weighted by Crippen LogP contribution is -2.32. The Morgan fingerprint density at radius 2 is 1.88 bits per heavy atom. The van der Waals surface area contributed by atoms with Crippen molar-refractivity contribution < 1.29 is 13.9 Å². The van der Waals surface area contributed by atoms with E-state index < -0.39 is 0 Å². The fourth-order valence-corrected chi connectivity index (χ4v) is 4.70. The minimum Gasteiger partial charge on any atom is -0.475 e. The second-order valence-electron chi connectivity index (χ2n) is 8.47. The molecule has 1 aliphatic heterocycles. The molecule has 1 fully saturated rings. The predicted octanol–water partition coefficient (Wildman–Crippen LogP) is 3.31. The van der Waals surface area contributed by atoms with Gasteiger partial charge in [-0.05, 0) is 55.2 Å². The monoisotopic (exact) mass is 434 g/mol. The van der Waals surface area contributed by atoms with Crippen LogP contribution in [-0.4, -0.2) is 39.2 Å². The van der Waals surface area contributed by atoms with Gasteiger partial charge in [0.25, 0.3) is 5.91 Å². The molecule has 2 N–H and O–H groups in total. The maximum Gasteiger partial charge on any atom is 0.267 e. The zero-order valence-electron chi connectivity index (χ0n) is 18.0. The van der Waals surface area contributed by atoms with Crippen LogP contribution in [0.5, 0.6) is 5.88 Å². The predicted molar refractivity (Wildman–Crippen MR) is 117 cm³/mol. The molecule has 0 saturated heterocycles. The van der Waals surface area contributed by atoms with E-state index in [2.05, 4.69) is 32.3 Å². The molecule has 5 rings (SSSR count). The molecule has 0 spiro atoms. The van der Waals surface area contributed by atoms with Crippen molar-refractivity contribution >= 4 is 17.4 Å². The number of nitrogens with zero attached hydrogens (tertiary/aromatic N) is 5. The highest BCUT2D eigenvalue weighted by Gasteiger charge is 2.29. The molecule has 1 aromatic carbocycles. The van der Waals surface area contributed by atoms with Gasteiger partial charge in [-0.2, -0.15) is 0 Å². The van der Waals surface area contributed by atoms with E-state index in [4.69, 9.17) is 14.9 Å². The molecule has 1 saturated carbocycles. The SMILES string of the molecule is Cc1nnc(C[C@H]2CC[C@H](c3ccc(N4CCOc5ncnc(N)c5C4=O)cc3)CC2)o1. The van der Waals surface area contributed by atoms with Gasteiger partial charge in [-0.25, -0.2) is 9.97 Å². The number of benzene rings is 1. The summed E-state index contributed by atoms with van der Waals surface area (Å²) >= 11 is 0. The van der Waals surface area contributed by atoms with Gasteiger partial charge in [0.15, 0.2) is 0 Å². The minimum absolute atomic E-state index is 0.135. The summed E-state index contributed by atoms with van der Waals surface area (Å²) < 4.78 is 11.2. The lowest BCUT2D eigenvalue weighted by atomic mass is 9.77. The zero-order valence-corrected chi connectivity index (χ0v) is 18.0. The zero-order chi connectivity index (χ0) is 22.1. The van der Waals surface area contributed by atoms with E-state index in [1.807, 2.05) is 19.1 Å². The Labute approximate surface area is 186 Å². The van der Waals surface area contributed by atoms with Crippen molar-refractivity contribution in [2.75, 3.05) is 23.8 Å². The number of carbonyl (C=O) groups is 1. The van der Waals surface area contributed by atoms with Crippen LogP contribution in [0.4, 0.5) is 11.5 Å². The second-order valence-corrected chi connectivity index (χ2v) is 8.47. The van der Waals surface area contributed by atoms with Crippen LogP contribution in [0.2, 0.25) is 0 Å². The van der Waals surface area contributed by atoms with Gasteiger partial charge in [0.1, 0.15) is 24.3 Å². The van der Waals surface area contributed by atoms with Gasteiger partial charge >= 0.3 is 0 Å². The molecule has 0 atom stereocenters. The minimum atomic E-state index is -0.236. The summed E-state index contributed by atoms with van der Waals surface area (Å²) in [5, 5.41) is 8.05. The van der Waals surface area contributed by atoms with Crippen LogP contribution >= 0.6 is 0 Å². The van der Waals surface area contributed by atoms with Gasteiger partial charge in [0, 0.05) is 19.0 Å². The van der Waals surface area contributed by atoms with E-state index in [-0.39, 0.29) is 23.2 Å². The van der Waals surface area contributed by atoms with E-state index in [0.29, 0.717) is 30.9 Å². The smallest absolute Gasteiger partial charge is 0.267 e. The number of hydrogen-bond donors (Lipinski definition) is 1. The van der Waals surface area contributed by atoms with Crippen molar-refractivity contribution in [3.8, 4) is 5.88 Å². The third kappa shape index (κ3) is 4.02. The molecule has 0 bridgehead atoms. The Morgan fingerprint density at radius 1 is 1.09 bits per heavy atom. The third-order valence-corrected chi connectivity index (χ3v) is 6.41. The van der Waals surface area contributed by atoms with Crippen molar-refractivity contribution in [2.24, 2.45) is 5.92 Å². The first kappa shape index (κ1) is 20.4. The number of nitrogen functional groups attached to an aromatic ring is 1. The first-order valence-electron chi connectivity index (χ1n) is 11.0. The molecule has 1 amide bonds. The van der Waals surface area contributed by atoms with Crippen LogP contribution < -0.4 is 15.4 Å². The highest BCUT2D eigenvalue weighted by molar-refractivity contribution is 6.10. The van der Waals surface area contributed by atoms with Gasteiger partial charge in [-0.1, -0.05) is 12.1 Å². The lowest BCUT2D eigenvalue weighted by Gasteiger charge is -2.28. The van der Waals surface area contributed by atoms with Crippen LogP contribution in [0.3, 0.4) is 0 Å². The average Bonchev–Trinajstić information content (AvgIpc) is 3.13. The largest absolute Gasteiger partial charge is 0.475 e. The molecule has 166 valence electrons. The van der Waals surface area contributed by atoms with Crippen LogP contribution in [-0.2, 0) is 6.42 Å². The molecular weight excluding hydrogens is 408 g/mol. The highest BCUT2D eigenvalue weighted by atomic mass is 16.5. The fourth-order valence-electron chi connectivity index (χ4n) is 4.70. The van der Waals surface area contributed by atoms with Crippen LogP contribution in [0, 0.1) is 12.8 Å². The Kier molecular flexibility index (Phi) is 5.46. The number of anilines is 2. The van der Waals surface area contributed by atoms with E-state index in [0.717, 1.165) is 43.7 Å². The Morgan fingerprint density at radius 3 is 2.59 bits per heavy atom. The maximum absolute atomic E-state index is 13.1. The second kappa shape index (κ2) is 8.57. The highest BCUT2D eigenvalue weighted by Crippen LogP contribution is 2.38. The molecule has 3 heterocycles. The molecule has 3 aromatic rings. The molecule has 32 heavy (non-hydrogen) atoms. The van der Waals surface area contributed by atoms with Crippen molar-refractivity contribution in [3.63, 3.8) is 0 Å². The first-order chi connectivity index (χ1) is 15.6. The lowest BCUT2D eigenvalue weighted by molar-refractivity contribution is 0.0990. The standard InChI is InChI=1S/C23H26N6O3/c1-14-27-28-19(32-14)12-15-2-4-16(5-3-15)17-6-8-18(9-7-17)29-10-11-31-22-20(23(29)30)21(24)25-13-26-22/h6-9,13,15-16H,2-5,10-12H2,1H3,(H2,24,25,26)/t15-,16-. The number of hydrogen-bond acceptors (Lipinski definition) is 8. The van der Waals surface area contributed by atoms with E-state index in [1.54, 1.807) is 4.90 Å². The number of ether oxygens (including phenoxy) is 1. The van der Waals surface area contributed by atoms with Gasteiger partial charge in [0.05, 0.1) is 6.54 Å². The Balaban J connectivity index is 1.25. The van der Waals surface area contributed by atoms with Gasteiger partial charge < -0.3 is 19.8 Å². The molecule has 2 aromatic heterocycles. The van der Waals surface area contributed by atoms with E-state index >= 15 is 0 Å². The fraction of sp³-hybridized carbons (Fsp3) is 0.435. The number of aryl methyl sites for hydroxylation is 1. The van der Waals surface area contributed by atoms with E-state index in [1.165, 1.54) is 11.9 Å². The number of fused-ring (bicyclic) bond motifs is 1. The average molecular weight is 435 g/mol. The summed E-state index contributed by atoms with van der Waals surface area (Å²) in [6.45, 7) is 2.60. The molecule has 0 radical (unpaired) electrons. The molecule has 9 heteroatoms. The quantitative estimate of drug-likeness (QED) is 0.664. The van der Waals surface area contributed by atoms with Crippen LogP contribution in [0.1, 0.15) is 59.3 Å². The van der Waals surface area contributed by atoms with Crippen molar-refractivity contribution in [2.45, 2.75) is 44.9 Å². The third-order valence-electron chi connectivity index (χ3n) is 6.41. The van der Waals surface area contributed by atoms with Crippen molar-refractivity contribution in [1.82, 2.24) is 20.2 Å². The first-order valence-corrected chi connectivity index (χ1v) is 11.0. The van der Waals surface area contributed by atoms with Gasteiger partial charge in [-0.15, -0.1) is 10.2 Å². The summed E-state index contributed by atoms with van der Waals surface area (Å²) in [5.41, 5.74) is 8.28. The maximum atomic E-state index is 13.1.